The van der Waals surface area contributed by atoms with E-state index >= 15 is 0 Å². The van der Waals surface area contributed by atoms with Crippen molar-refractivity contribution >= 4 is 5.91 Å². The molecule has 0 aliphatic heterocycles. The van der Waals surface area contributed by atoms with E-state index in [1.165, 1.54) is 315 Å². The standard InChI is InChI=1S/C62H121NO/c1-4-7-10-13-16-19-22-25-28-31-33-34-36-38-41-44-47-50-53-56-59-61(58-55-52-49-46-43-40-37-35-32-29-26-23-20-17-14-11-8-5-2)62(64)63-60-57-54-51-48-45-42-39-30-27-24-21-18-15-12-9-6-3/h25,27-28,30,61H,4-24,26,29,31-60H2,1-3H3,(H,63,64)/b28-25-,30-27+. The Kier molecular flexibility index (Phi) is 57.1. The highest BCUT2D eigenvalue weighted by molar-refractivity contribution is 5.78. The molecule has 64 heavy (non-hydrogen) atoms. The molecule has 0 heterocycles. The van der Waals surface area contributed by atoms with Crippen molar-refractivity contribution in [1.82, 2.24) is 5.32 Å². The van der Waals surface area contributed by atoms with Gasteiger partial charge in [0.25, 0.3) is 0 Å². The summed E-state index contributed by atoms with van der Waals surface area (Å²) in [6.07, 6.45) is 80.8. The molecule has 0 aromatic rings. The molecular formula is C62H121NO. The van der Waals surface area contributed by atoms with Crippen molar-refractivity contribution in [3.63, 3.8) is 0 Å². The number of carbonyl (C=O) groups excluding carboxylic acids is 1. The van der Waals surface area contributed by atoms with Crippen molar-refractivity contribution in [3.05, 3.63) is 24.3 Å². The van der Waals surface area contributed by atoms with E-state index in [9.17, 15) is 4.79 Å². The van der Waals surface area contributed by atoms with Gasteiger partial charge in [0.05, 0.1) is 0 Å². The number of hydrogen-bond donors (Lipinski definition) is 1. The van der Waals surface area contributed by atoms with Gasteiger partial charge in [-0.25, -0.2) is 0 Å². The van der Waals surface area contributed by atoms with Gasteiger partial charge in [0.2, 0.25) is 5.91 Å². The molecule has 0 bridgehead atoms. The smallest absolute Gasteiger partial charge is 0.223 e. The van der Waals surface area contributed by atoms with Crippen LogP contribution in [0.5, 0.6) is 0 Å². The first-order valence-electron chi connectivity index (χ1n) is 30.3. The first kappa shape index (κ1) is 63.0. The summed E-state index contributed by atoms with van der Waals surface area (Å²) in [6, 6.07) is 0. The van der Waals surface area contributed by atoms with Crippen LogP contribution in [0.25, 0.3) is 0 Å². The van der Waals surface area contributed by atoms with Gasteiger partial charge < -0.3 is 5.32 Å². The number of rotatable bonds is 56. The van der Waals surface area contributed by atoms with Crippen molar-refractivity contribution in [3.8, 4) is 0 Å². The highest BCUT2D eigenvalue weighted by Crippen LogP contribution is 2.21. The second kappa shape index (κ2) is 58.1. The molecule has 0 fully saturated rings. The van der Waals surface area contributed by atoms with Crippen LogP contribution >= 0.6 is 0 Å². The van der Waals surface area contributed by atoms with Crippen molar-refractivity contribution in [2.75, 3.05) is 6.54 Å². The van der Waals surface area contributed by atoms with Gasteiger partial charge in [-0.1, -0.05) is 308 Å². The molecule has 0 aromatic carbocycles. The van der Waals surface area contributed by atoms with Gasteiger partial charge >= 0.3 is 0 Å². The maximum absolute atomic E-state index is 13.4. The van der Waals surface area contributed by atoms with Crippen LogP contribution in [0.2, 0.25) is 0 Å². The minimum absolute atomic E-state index is 0.237. The molecule has 0 saturated carbocycles. The molecule has 0 rings (SSSR count). The van der Waals surface area contributed by atoms with Crippen LogP contribution in [0.3, 0.4) is 0 Å². The SMILES string of the molecule is CCCCCCCC/C=C\CCCCCCCCCCCCC(CCCCCCCCCCCCCCCCCCCC)C(=O)NCCCCCCCC/C=C/CCCCCCCC. The fourth-order valence-electron chi connectivity index (χ4n) is 9.77. The number of hydrogen-bond acceptors (Lipinski definition) is 1. The van der Waals surface area contributed by atoms with Gasteiger partial charge in [0, 0.05) is 12.5 Å². The van der Waals surface area contributed by atoms with Crippen LogP contribution in [0, 0.1) is 5.92 Å². The van der Waals surface area contributed by atoms with Crippen molar-refractivity contribution < 1.29 is 4.79 Å². The largest absolute Gasteiger partial charge is 0.356 e. The quantitative estimate of drug-likeness (QED) is 0.0478. The maximum atomic E-state index is 13.4. The Morgan fingerprint density at radius 2 is 0.484 bits per heavy atom. The lowest BCUT2D eigenvalue weighted by atomic mass is 9.93. The number of nitrogens with one attached hydrogen (secondary N) is 1. The Labute approximate surface area is 405 Å². The Hall–Kier alpha value is -1.05. The van der Waals surface area contributed by atoms with Crippen LogP contribution in [0.1, 0.15) is 355 Å². The molecule has 1 unspecified atom stereocenters. The van der Waals surface area contributed by atoms with Gasteiger partial charge in [0.15, 0.2) is 0 Å². The Bertz CT molecular complexity index is 907. The number of amides is 1. The summed E-state index contributed by atoms with van der Waals surface area (Å²) in [6.45, 7) is 7.78. The predicted octanol–water partition coefficient (Wildman–Crippen LogP) is 22.2. The lowest BCUT2D eigenvalue weighted by molar-refractivity contribution is -0.125. The minimum Gasteiger partial charge on any atom is -0.356 e. The molecule has 0 aliphatic rings. The lowest BCUT2D eigenvalue weighted by Gasteiger charge is -2.17. The molecule has 380 valence electrons. The van der Waals surface area contributed by atoms with E-state index in [0.29, 0.717) is 5.91 Å². The van der Waals surface area contributed by atoms with E-state index in [0.717, 1.165) is 25.8 Å². The Balaban J connectivity index is 4.13. The molecule has 2 nitrogen and oxygen atoms in total. The zero-order chi connectivity index (χ0) is 46.2. The average Bonchev–Trinajstić information content (AvgIpc) is 3.30. The first-order valence-corrected chi connectivity index (χ1v) is 30.3. The second-order valence-corrected chi connectivity index (χ2v) is 20.9. The fraction of sp³-hybridized carbons (Fsp3) is 0.919. The van der Waals surface area contributed by atoms with Crippen LogP contribution < -0.4 is 5.32 Å². The molecule has 2 heteroatoms. The van der Waals surface area contributed by atoms with E-state index in [1.54, 1.807) is 0 Å². The molecule has 0 aromatic heterocycles. The van der Waals surface area contributed by atoms with Gasteiger partial charge in [-0.3, -0.25) is 4.79 Å². The predicted molar refractivity (Wildman–Crippen MR) is 292 cm³/mol. The average molecular weight is 897 g/mol. The fourth-order valence-corrected chi connectivity index (χ4v) is 9.77. The number of allylic oxidation sites excluding steroid dienone is 4. The molecule has 1 atom stereocenters. The van der Waals surface area contributed by atoms with Gasteiger partial charge in [-0.05, 0) is 70.6 Å². The van der Waals surface area contributed by atoms with E-state index in [2.05, 4.69) is 50.4 Å². The molecule has 1 amide bonds. The van der Waals surface area contributed by atoms with E-state index in [4.69, 9.17) is 0 Å². The van der Waals surface area contributed by atoms with E-state index in [1.807, 2.05) is 0 Å². The zero-order valence-electron chi connectivity index (χ0n) is 44.8. The van der Waals surface area contributed by atoms with Crippen LogP contribution in [-0.4, -0.2) is 12.5 Å². The third-order valence-corrected chi connectivity index (χ3v) is 14.3. The van der Waals surface area contributed by atoms with Crippen molar-refractivity contribution in [1.29, 1.82) is 0 Å². The third-order valence-electron chi connectivity index (χ3n) is 14.3. The van der Waals surface area contributed by atoms with Gasteiger partial charge in [-0.2, -0.15) is 0 Å². The van der Waals surface area contributed by atoms with Crippen LogP contribution in [-0.2, 0) is 4.79 Å². The molecule has 0 aliphatic carbocycles. The Morgan fingerprint density at radius 1 is 0.281 bits per heavy atom. The summed E-state index contributed by atoms with van der Waals surface area (Å²) >= 11 is 0. The molecule has 0 saturated heterocycles. The monoisotopic (exact) mass is 896 g/mol. The minimum atomic E-state index is 0.237. The summed E-state index contributed by atoms with van der Waals surface area (Å²) in [7, 11) is 0. The van der Waals surface area contributed by atoms with Crippen LogP contribution in [0.4, 0.5) is 0 Å². The summed E-state index contributed by atoms with van der Waals surface area (Å²) in [5.41, 5.74) is 0. The van der Waals surface area contributed by atoms with Crippen LogP contribution in [0.15, 0.2) is 24.3 Å². The maximum Gasteiger partial charge on any atom is 0.223 e. The molecule has 1 N–H and O–H groups in total. The summed E-state index contributed by atoms with van der Waals surface area (Å²) < 4.78 is 0. The number of carbonyl (C=O) groups is 1. The van der Waals surface area contributed by atoms with Gasteiger partial charge in [0.1, 0.15) is 0 Å². The van der Waals surface area contributed by atoms with E-state index < -0.39 is 0 Å². The summed E-state index contributed by atoms with van der Waals surface area (Å²) in [5.74, 6) is 0.605. The lowest BCUT2D eigenvalue weighted by Crippen LogP contribution is -2.31. The molecular weight excluding hydrogens is 775 g/mol. The molecule has 0 spiro atoms. The molecule has 0 radical (unpaired) electrons. The summed E-state index contributed by atoms with van der Waals surface area (Å²) in [5, 5.41) is 3.40. The van der Waals surface area contributed by atoms with Gasteiger partial charge in [-0.15, -0.1) is 0 Å². The summed E-state index contributed by atoms with van der Waals surface area (Å²) in [4.78, 5) is 13.4. The second-order valence-electron chi connectivity index (χ2n) is 20.9. The highest BCUT2D eigenvalue weighted by Gasteiger charge is 2.17. The number of unbranched alkanes of at least 4 members (excludes halogenated alkanes) is 45. The zero-order valence-corrected chi connectivity index (χ0v) is 44.8. The normalized spacial score (nSPS) is 12.4. The first-order chi connectivity index (χ1) is 31.8. The third kappa shape index (κ3) is 53.6. The topological polar surface area (TPSA) is 29.1 Å². The van der Waals surface area contributed by atoms with Crippen molar-refractivity contribution in [2.24, 2.45) is 5.92 Å². The Morgan fingerprint density at radius 3 is 0.734 bits per heavy atom. The van der Waals surface area contributed by atoms with E-state index in [-0.39, 0.29) is 5.92 Å². The van der Waals surface area contributed by atoms with Crippen molar-refractivity contribution in [2.45, 2.75) is 355 Å². The highest BCUT2D eigenvalue weighted by atomic mass is 16.1.